The van der Waals surface area contributed by atoms with Crippen LogP contribution in [0.5, 0.6) is 0 Å². The van der Waals surface area contributed by atoms with Gasteiger partial charge in [0.1, 0.15) is 5.52 Å². The lowest BCUT2D eigenvalue weighted by Crippen LogP contribution is -2.30. The Morgan fingerprint density at radius 1 is 1.10 bits per heavy atom. The van der Waals surface area contributed by atoms with Gasteiger partial charge in [-0.25, -0.2) is 9.78 Å². The Hall–Kier alpha value is -3.26. The van der Waals surface area contributed by atoms with Gasteiger partial charge in [0.2, 0.25) is 5.95 Å². The summed E-state index contributed by atoms with van der Waals surface area (Å²) in [4.78, 5) is 26.6. The summed E-state index contributed by atoms with van der Waals surface area (Å²) in [5.74, 6) is 0.451. The first kappa shape index (κ1) is 19.7. The van der Waals surface area contributed by atoms with Crippen LogP contribution < -0.4 is 11.0 Å². The van der Waals surface area contributed by atoms with Gasteiger partial charge in [0, 0.05) is 30.4 Å². The number of aryl methyl sites for hydroxylation is 3. The minimum atomic E-state index is -0.275. The first-order valence-electron chi connectivity index (χ1n) is 10.7. The van der Waals surface area contributed by atoms with Gasteiger partial charge in [0.05, 0.1) is 17.8 Å². The molecule has 1 aliphatic carbocycles. The number of nitrogens with one attached hydrogen (secondary N) is 1. The molecule has 31 heavy (non-hydrogen) atoms. The molecule has 0 unspecified atom stereocenters. The molecule has 0 amide bonds. The molecule has 1 saturated carbocycles. The van der Waals surface area contributed by atoms with Crippen LogP contribution in [0.4, 0.5) is 11.6 Å². The normalized spacial score (nSPS) is 19.2. The Bertz CT molecular complexity index is 1350. The van der Waals surface area contributed by atoms with Gasteiger partial charge in [0.15, 0.2) is 5.65 Å². The van der Waals surface area contributed by atoms with Crippen LogP contribution in [0.25, 0.3) is 22.1 Å². The van der Waals surface area contributed by atoms with Crippen molar-refractivity contribution >= 4 is 33.7 Å². The van der Waals surface area contributed by atoms with E-state index in [1.54, 1.807) is 22.4 Å². The predicted octanol–water partition coefficient (Wildman–Crippen LogP) is 3.51. The third kappa shape index (κ3) is 3.37. The van der Waals surface area contributed by atoms with Crippen molar-refractivity contribution in [1.29, 1.82) is 0 Å². The van der Waals surface area contributed by atoms with Gasteiger partial charge in [0.25, 0.3) is 0 Å². The van der Waals surface area contributed by atoms with E-state index in [2.05, 4.69) is 34.3 Å². The molecule has 0 spiro atoms. The van der Waals surface area contributed by atoms with E-state index in [1.807, 2.05) is 19.2 Å². The standard InChI is InChI=1S/C23H26N6O2/c1-13-8-9-24-19-10-14(2)18(11-17(13)19)26-22-25-12-20-21(27-22)29(23(31)28(20)3)15-4-6-16(30)7-5-15/h8-12,15-16,30H,4-7H2,1-3H3,(H,25,26,27)/t15-,16-. The van der Waals surface area contributed by atoms with Crippen molar-refractivity contribution in [3.63, 3.8) is 0 Å². The first-order valence-corrected chi connectivity index (χ1v) is 10.7. The quantitative estimate of drug-likeness (QED) is 0.528. The molecule has 4 aromatic rings. The average molecular weight is 419 g/mol. The minimum absolute atomic E-state index is 0.0403. The van der Waals surface area contributed by atoms with Crippen molar-refractivity contribution in [1.82, 2.24) is 24.1 Å². The summed E-state index contributed by atoms with van der Waals surface area (Å²) in [5.41, 5.74) is 5.30. The van der Waals surface area contributed by atoms with Crippen molar-refractivity contribution in [2.75, 3.05) is 5.32 Å². The number of aliphatic hydroxyl groups is 1. The molecule has 0 aliphatic heterocycles. The molecule has 0 atom stereocenters. The van der Waals surface area contributed by atoms with Crippen molar-refractivity contribution < 1.29 is 5.11 Å². The zero-order valence-corrected chi connectivity index (χ0v) is 18.0. The second-order valence-corrected chi connectivity index (χ2v) is 8.51. The van der Waals surface area contributed by atoms with E-state index in [0.29, 0.717) is 30.0 Å². The van der Waals surface area contributed by atoms with Crippen LogP contribution in [0, 0.1) is 13.8 Å². The van der Waals surface area contributed by atoms with E-state index in [4.69, 9.17) is 4.98 Å². The zero-order chi connectivity index (χ0) is 21.7. The largest absolute Gasteiger partial charge is 0.393 e. The molecule has 8 heteroatoms. The highest BCUT2D eigenvalue weighted by atomic mass is 16.3. The molecule has 0 radical (unpaired) electrons. The number of aromatic nitrogens is 5. The highest BCUT2D eigenvalue weighted by Gasteiger charge is 2.26. The first-order chi connectivity index (χ1) is 14.9. The SMILES string of the molecule is Cc1cc2nccc(C)c2cc1Nc1ncc2c(n1)n([C@H]1CC[C@H](O)CC1)c(=O)n2C. The molecular formula is C23H26N6O2. The van der Waals surface area contributed by atoms with Crippen LogP contribution in [-0.4, -0.2) is 35.3 Å². The number of hydrogen-bond donors (Lipinski definition) is 2. The van der Waals surface area contributed by atoms with Crippen molar-refractivity contribution in [2.24, 2.45) is 7.05 Å². The highest BCUT2D eigenvalue weighted by molar-refractivity contribution is 5.87. The molecule has 160 valence electrons. The smallest absolute Gasteiger partial charge is 0.330 e. The number of aliphatic hydroxyl groups excluding tert-OH is 1. The van der Waals surface area contributed by atoms with E-state index in [9.17, 15) is 9.90 Å². The number of pyridine rings is 1. The van der Waals surface area contributed by atoms with Gasteiger partial charge >= 0.3 is 5.69 Å². The topological polar surface area (TPSA) is 97.9 Å². The summed E-state index contributed by atoms with van der Waals surface area (Å²) in [6.45, 7) is 4.09. The van der Waals surface area contributed by atoms with Crippen LogP contribution >= 0.6 is 0 Å². The van der Waals surface area contributed by atoms with Crippen LogP contribution in [0.15, 0.2) is 35.4 Å². The Labute approximate surface area is 179 Å². The summed E-state index contributed by atoms with van der Waals surface area (Å²) < 4.78 is 3.37. The fourth-order valence-corrected chi connectivity index (χ4v) is 4.53. The van der Waals surface area contributed by atoms with Gasteiger partial charge in [-0.2, -0.15) is 4.98 Å². The van der Waals surface area contributed by atoms with Gasteiger partial charge < -0.3 is 10.4 Å². The summed E-state index contributed by atoms with van der Waals surface area (Å²) in [5, 5.41) is 14.3. The Balaban J connectivity index is 1.57. The van der Waals surface area contributed by atoms with Gasteiger partial charge in [-0.3, -0.25) is 14.1 Å². The maximum absolute atomic E-state index is 12.9. The van der Waals surface area contributed by atoms with Crippen LogP contribution in [0.2, 0.25) is 0 Å². The van der Waals surface area contributed by atoms with Crippen LogP contribution in [0.1, 0.15) is 42.9 Å². The molecular weight excluding hydrogens is 392 g/mol. The maximum Gasteiger partial charge on any atom is 0.330 e. The Kier molecular flexibility index (Phi) is 4.74. The molecule has 3 aromatic heterocycles. The lowest BCUT2D eigenvalue weighted by atomic mass is 9.93. The summed E-state index contributed by atoms with van der Waals surface area (Å²) >= 11 is 0. The summed E-state index contributed by atoms with van der Waals surface area (Å²) in [7, 11) is 1.75. The number of anilines is 2. The molecule has 0 bridgehead atoms. The summed E-state index contributed by atoms with van der Waals surface area (Å²) in [6.07, 6.45) is 6.18. The Morgan fingerprint density at radius 3 is 2.65 bits per heavy atom. The monoisotopic (exact) mass is 418 g/mol. The third-order valence-electron chi connectivity index (χ3n) is 6.42. The molecule has 8 nitrogen and oxygen atoms in total. The molecule has 2 N–H and O–H groups in total. The maximum atomic E-state index is 12.9. The van der Waals surface area contributed by atoms with E-state index in [-0.39, 0.29) is 17.8 Å². The van der Waals surface area contributed by atoms with Crippen molar-refractivity contribution in [3.8, 4) is 0 Å². The van der Waals surface area contributed by atoms with E-state index < -0.39 is 0 Å². The number of hydrogen-bond acceptors (Lipinski definition) is 6. The second kappa shape index (κ2) is 7.46. The molecule has 0 saturated heterocycles. The van der Waals surface area contributed by atoms with Gasteiger partial charge in [-0.05, 0) is 68.9 Å². The molecule has 1 aromatic carbocycles. The lowest BCUT2D eigenvalue weighted by molar-refractivity contribution is 0.110. The van der Waals surface area contributed by atoms with Crippen LogP contribution in [-0.2, 0) is 7.05 Å². The molecule has 5 rings (SSSR count). The fourth-order valence-electron chi connectivity index (χ4n) is 4.53. The van der Waals surface area contributed by atoms with Crippen LogP contribution in [0.3, 0.4) is 0 Å². The Morgan fingerprint density at radius 2 is 1.87 bits per heavy atom. The number of nitrogens with zero attached hydrogens (tertiary/aromatic N) is 5. The lowest BCUT2D eigenvalue weighted by Gasteiger charge is -2.26. The van der Waals surface area contributed by atoms with E-state index in [0.717, 1.165) is 40.6 Å². The number of imidazole rings is 1. The second-order valence-electron chi connectivity index (χ2n) is 8.51. The van der Waals surface area contributed by atoms with Gasteiger partial charge in [-0.1, -0.05) is 0 Å². The predicted molar refractivity (Wildman–Crippen MR) is 121 cm³/mol. The molecule has 1 aliphatic rings. The minimum Gasteiger partial charge on any atom is -0.393 e. The highest BCUT2D eigenvalue weighted by Crippen LogP contribution is 2.30. The fraction of sp³-hybridized carbons (Fsp3) is 0.391. The van der Waals surface area contributed by atoms with Crippen molar-refractivity contribution in [2.45, 2.75) is 51.7 Å². The number of fused-ring (bicyclic) bond motifs is 2. The number of benzene rings is 1. The van der Waals surface area contributed by atoms with E-state index in [1.165, 1.54) is 0 Å². The van der Waals surface area contributed by atoms with Crippen molar-refractivity contribution in [3.05, 3.63) is 52.2 Å². The average Bonchev–Trinajstić information content (AvgIpc) is 3.00. The number of rotatable bonds is 3. The molecule has 3 heterocycles. The van der Waals surface area contributed by atoms with E-state index >= 15 is 0 Å². The van der Waals surface area contributed by atoms with Gasteiger partial charge in [-0.15, -0.1) is 0 Å². The zero-order valence-electron chi connectivity index (χ0n) is 18.0. The third-order valence-corrected chi connectivity index (χ3v) is 6.42. The summed E-state index contributed by atoms with van der Waals surface area (Å²) in [6, 6.07) is 6.16. The molecule has 1 fully saturated rings.